The van der Waals surface area contributed by atoms with Crippen molar-refractivity contribution in [1.82, 2.24) is 9.97 Å². The van der Waals surface area contributed by atoms with Crippen LogP contribution in [0.1, 0.15) is 22.6 Å². The largest absolute Gasteiger partial charge is 0.339 e. The molecule has 0 saturated heterocycles. The zero-order valence-corrected chi connectivity index (χ0v) is 10.7. The summed E-state index contributed by atoms with van der Waals surface area (Å²) in [6.45, 7) is 5.76. The highest BCUT2D eigenvalue weighted by molar-refractivity contribution is 5.60. The van der Waals surface area contributed by atoms with Crippen molar-refractivity contribution in [3.05, 3.63) is 46.9 Å². The summed E-state index contributed by atoms with van der Waals surface area (Å²) in [6.07, 6.45) is 0. The van der Waals surface area contributed by atoms with Crippen LogP contribution in [-0.4, -0.2) is 9.97 Å². The molecular weight excluding hydrogens is 224 g/mol. The fourth-order valence-electron chi connectivity index (χ4n) is 1.75. The van der Waals surface area contributed by atoms with Gasteiger partial charge in [-0.1, -0.05) is 0 Å². The first-order valence-electron chi connectivity index (χ1n) is 5.68. The van der Waals surface area contributed by atoms with E-state index in [0.717, 1.165) is 22.8 Å². The number of hydrogen-bond acceptors (Lipinski definition) is 4. The Morgan fingerprint density at radius 1 is 1.06 bits per heavy atom. The fourth-order valence-corrected chi connectivity index (χ4v) is 1.75. The van der Waals surface area contributed by atoms with E-state index in [1.165, 1.54) is 0 Å². The van der Waals surface area contributed by atoms with Crippen LogP contribution in [0.5, 0.6) is 0 Å². The Morgan fingerprint density at radius 3 is 2.50 bits per heavy atom. The van der Waals surface area contributed by atoms with Crippen LogP contribution < -0.4 is 5.32 Å². The first-order chi connectivity index (χ1) is 8.58. The number of aromatic nitrogens is 2. The van der Waals surface area contributed by atoms with Crippen LogP contribution in [0.4, 0.5) is 11.5 Å². The van der Waals surface area contributed by atoms with Crippen LogP contribution >= 0.6 is 0 Å². The molecule has 0 amide bonds. The van der Waals surface area contributed by atoms with Gasteiger partial charge in [0.2, 0.25) is 0 Å². The summed E-state index contributed by atoms with van der Waals surface area (Å²) in [5.74, 6) is 0.667. The van der Waals surface area contributed by atoms with Crippen molar-refractivity contribution in [3.63, 3.8) is 0 Å². The number of nitrogens with one attached hydrogen (secondary N) is 1. The number of nitrogens with zero attached hydrogens (tertiary/aromatic N) is 3. The highest BCUT2D eigenvalue weighted by atomic mass is 15.0. The van der Waals surface area contributed by atoms with E-state index in [1.54, 1.807) is 12.1 Å². The molecule has 0 aliphatic carbocycles. The summed E-state index contributed by atoms with van der Waals surface area (Å²) in [4.78, 5) is 8.73. The van der Waals surface area contributed by atoms with Gasteiger partial charge in [0.1, 0.15) is 5.82 Å². The Labute approximate surface area is 106 Å². The van der Waals surface area contributed by atoms with Gasteiger partial charge in [-0.3, -0.25) is 4.98 Å². The first kappa shape index (κ1) is 12.1. The lowest BCUT2D eigenvalue weighted by Gasteiger charge is -2.09. The zero-order valence-electron chi connectivity index (χ0n) is 10.7. The smallest absolute Gasteiger partial charge is 0.131 e. The van der Waals surface area contributed by atoms with E-state index in [9.17, 15) is 0 Å². The van der Waals surface area contributed by atoms with Crippen LogP contribution in [0, 0.1) is 32.1 Å². The number of pyridine rings is 2. The quantitative estimate of drug-likeness (QED) is 0.873. The molecule has 0 saturated carbocycles. The second-order valence-corrected chi connectivity index (χ2v) is 4.20. The lowest BCUT2D eigenvalue weighted by atomic mass is 10.2. The molecule has 2 aromatic rings. The molecule has 18 heavy (non-hydrogen) atoms. The predicted octanol–water partition coefficient (Wildman–Crippen LogP) is 3.02. The minimum Gasteiger partial charge on any atom is -0.339 e. The molecule has 0 unspecified atom stereocenters. The number of nitriles is 1. The van der Waals surface area contributed by atoms with Crippen molar-refractivity contribution < 1.29 is 0 Å². The molecule has 0 aliphatic heterocycles. The van der Waals surface area contributed by atoms with E-state index >= 15 is 0 Å². The normalized spacial score (nSPS) is 9.89. The van der Waals surface area contributed by atoms with Crippen molar-refractivity contribution in [2.24, 2.45) is 0 Å². The minimum absolute atomic E-state index is 0.600. The lowest BCUT2D eigenvalue weighted by Crippen LogP contribution is -1.99. The van der Waals surface area contributed by atoms with Crippen molar-refractivity contribution in [3.8, 4) is 6.07 Å². The van der Waals surface area contributed by atoms with Crippen LogP contribution in [0.2, 0.25) is 0 Å². The lowest BCUT2D eigenvalue weighted by molar-refractivity contribution is 1.11. The molecule has 0 bridgehead atoms. The topological polar surface area (TPSA) is 61.6 Å². The number of hydrogen-bond donors (Lipinski definition) is 1. The van der Waals surface area contributed by atoms with Gasteiger partial charge in [0.25, 0.3) is 0 Å². The second-order valence-electron chi connectivity index (χ2n) is 4.20. The minimum atomic E-state index is 0.600. The van der Waals surface area contributed by atoms with E-state index in [1.807, 2.05) is 32.9 Å². The third-order valence-electron chi connectivity index (χ3n) is 2.57. The van der Waals surface area contributed by atoms with Crippen molar-refractivity contribution in [2.75, 3.05) is 5.32 Å². The number of aryl methyl sites for hydroxylation is 3. The molecule has 0 radical (unpaired) electrons. The first-order valence-corrected chi connectivity index (χ1v) is 5.68. The van der Waals surface area contributed by atoms with Gasteiger partial charge in [0, 0.05) is 11.4 Å². The molecule has 1 N–H and O–H groups in total. The van der Waals surface area contributed by atoms with Crippen LogP contribution in [0.15, 0.2) is 24.3 Å². The molecule has 4 heteroatoms. The van der Waals surface area contributed by atoms with E-state index in [-0.39, 0.29) is 0 Å². The van der Waals surface area contributed by atoms with Gasteiger partial charge in [-0.2, -0.15) is 5.26 Å². The summed E-state index contributed by atoms with van der Waals surface area (Å²) in [6, 6.07) is 9.51. The van der Waals surface area contributed by atoms with Gasteiger partial charge in [-0.15, -0.1) is 0 Å². The van der Waals surface area contributed by atoms with Crippen molar-refractivity contribution in [2.45, 2.75) is 20.8 Å². The van der Waals surface area contributed by atoms with Crippen molar-refractivity contribution in [1.29, 1.82) is 5.26 Å². The molecule has 2 rings (SSSR count). The molecule has 0 atom stereocenters. The predicted molar refractivity (Wildman–Crippen MR) is 70.7 cm³/mol. The Kier molecular flexibility index (Phi) is 3.24. The maximum absolute atomic E-state index is 8.93. The average molecular weight is 238 g/mol. The zero-order chi connectivity index (χ0) is 13.1. The molecular formula is C14H14N4. The molecule has 2 aromatic heterocycles. The second kappa shape index (κ2) is 4.84. The van der Waals surface area contributed by atoms with Crippen LogP contribution in [0.25, 0.3) is 0 Å². The highest BCUT2D eigenvalue weighted by Gasteiger charge is 2.03. The number of anilines is 2. The van der Waals surface area contributed by atoms with E-state index in [2.05, 4.69) is 21.4 Å². The molecule has 90 valence electrons. The number of rotatable bonds is 2. The van der Waals surface area contributed by atoms with Crippen LogP contribution in [-0.2, 0) is 0 Å². The van der Waals surface area contributed by atoms with Gasteiger partial charge in [-0.05, 0) is 45.0 Å². The molecule has 0 fully saturated rings. The van der Waals surface area contributed by atoms with Gasteiger partial charge < -0.3 is 5.32 Å². The molecule has 0 aromatic carbocycles. The summed E-state index contributed by atoms with van der Waals surface area (Å²) < 4.78 is 0. The maximum Gasteiger partial charge on any atom is 0.131 e. The van der Waals surface area contributed by atoms with Crippen molar-refractivity contribution >= 4 is 11.5 Å². The maximum atomic E-state index is 8.93. The van der Waals surface area contributed by atoms with E-state index < -0.39 is 0 Å². The van der Waals surface area contributed by atoms with E-state index in [4.69, 9.17) is 5.26 Å². The Balaban J connectivity index is 2.34. The summed E-state index contributed by atoms with van der Waals surface area (Å²) in [7, 11) is 0. The van der Waals surface area contributed by atoms with Gasteiger partial charge in [0.15, 0.2) is 0 Å². The van der Waals surface area contributed by atoms with Gasteiger partial charge >= 0.3 is 0 Å². The monoisotopic (exact) mass is 238 g/mol. The third-order valence-corrected chi connectivity index (χ3v) is 2.57. The SMILES string of the molecule is Cc1cc(C#N)cc(Nc2ccc(C)nc2C)n1. The average Bonchev–Trinajstić information content (AvgIpc) is 2.32. The fraction of sp³-hybridized carbons (Fsp3) is 0.214. The third kappa shape index (κ3) is 2.64. The molecule has 2 heterocycles. The Morgan fingerprint density at radius 2 is 1.83 bits per heavy atom. The standard InChI is InChI=1S/C14H14N4/c1-9-4-5-13(11(3)16-9)18-14-7-12(8-15)6-10(2)17-14/h4-7H,1-3H3,(H,17,18). The molecule has 0 aliphatic rings. The van der Waals surface area contributed by atoms with E-state index in [0.29, 0.717) is 11.4 Å². The highest BCUT2D eigenvalue weighted by Crippen LogP contribution is 2.19. The molecule has 4 nitrogen and oxygen atoms in total. The summed E-state index contributed by atoms with van der Waals surface area (Å²) in [5, 5.41) is 12.1. The molecule has 0 spiro atoms. The summed E-state index contributed by atoms with van der Waals surface area (Å²) >= 11 is 0. The van der Waals surface area contributed by atoms with Gasteiger partial charge in [0.05, 0.1) is 23.0 Å². The van der Waals surface area contributed by atoms with Crippen LogP contribution in [0.3, 0.4) is 0 Å². The Hall–Kier alpha value is -2.41. The Bertz CT molecular complexity index is 626. The summed E-state index contributed by atoms with van der Waals surface area (Å²) in [5.41, 5.74) is 4.21. The van der Waals surface area contributed by atoms with Gasteiger partial charge in [-0.25, -0.2) is 4.98 Å².